The zero-order chi connectivity index (χ0) is 32.2. The molecule has 2 N–H and O–H groups in total. The van der Waals surface area contributed by atoms with Gasteiger partial charge in [-0.2, -0.15) is 0 Å². The van der Waals surface area contributed by atoms with E-state index in [1.807, 2.05) is 98.8 Å². The zero-order valence-electron chi connectivity index (χ0n) is 25.9. The molecular formula is C37H40N2O6. The molecular weight excluding hydrogens is 568 g/mol. The van der Waals surface area contributed by atoms with Gasteiger partial charge in [0.05, 0.1) is 13.0 Å². The molecule has 0 aliphatic heterocycles. The van der Waals surface area contributed by atoms with Gasteiger partial charge < -0.3 is 24.8 Å². The standard InChI is InChI=1S/C37H40N2O6/c1-26(2)24-39(25-31(22-27-12-6-4-7-13-27)36(42)45-34-17-11-10-16-33(34)44-3)37(43)38-32(35(40)41)23-28-18-20-30(21-19-28)29-14-8-5-9-15-29/h4-21,26,31-32H,22-25H2,1-3H3,(H,38,43)(H,40,41)/t31?,32-/m0/s1. The van der Waals surface area contributed by atoms with Crippen molar-refractivity contribution >= 4 is 18.0 Å². The van der Waals surface area contributed by atoms with Gasteiger partial charge in [0.1, 0.15) is 6.04 Å². The largest absolute Gasteiger partial charge is 0.493 e. The highest BCUT2D eigenvalue weighted by molar-refractivity contribution is 5.83. The van der Waals surface area contributed by atoms with Gasteiger partial charge in [-0.1, -0.05) is 111 Å². The summed E-state index contributed by atoms with van der Waals surface area (Å²) in [6.07, 6.45) is 0.432. The maximum Gasteiger partial charge on any atom is 0.326 e. The molecule has 0 radical (unpaired) electrons. The fourth-order valence-corrected chi connectivity index (χ4v) is 5.10. The van der Waals surface area contributed by atoms with Gasteiger partial charge in [-0.15, -0.1) is 0 Å². The monoisotopic (exact) mass is 608 g/mol. The Labute approximate surface area is 264 Å². The Hall–Kier alpha value is -5.11. The Morgan fingerprint density at radius 1 is 0.711 bits per heavy atom. The minimum atomic E-state index is -1.16. The lowest BCUT2D eigenvalue weighted by Crippen LogP contribution is -2.51. The molecule has 0 aromatic heterocycles. The molecule has 4 aromatic rings. The van der Waals surface area contributed by atoms with E-state index in [1.165, 1.54) is 12.0 Å². The van der Waals surface area contributed by atoms with Crippen LogP contribution in [0.25, 0.3) is 11.1 Å². The van der Waals surface area contributed by atoms with Crippen molar-refractivity contribution < 1.29 is 29.0 Å². The molecule has 4 rings (SSSR count). The third kappa shape index (κ3) is 9.69. The van der Waals surface area contributed by atoms with E-state index in [2.05, 4.69) is 5.32 Å². The summed E-state index contributed by atoms with van der Waals surface area (Å²) in [5, 5.41) is 12.7. The second kappa shape index (κ2) is 16.1. The number of nitrogens with one attached hydrogen (secondary N) is 1. The van der Waals surface area contributed by atoms with Crippen LogP contribution in [0.5, 0.6) is 11.5 Å². The van der Waals surface area contributed by atoms with Crippen LogP contribution < -0.4 is 14.8 Å². The normalized spacial score (nSPS) is 12.2. The number of amides is 2. The van der Waals surface area contributed by atoms with Crippen molar-refractivity contribution in [2.24, 2.45) is 11.8 Å². The SMILES string of the molecule is COc1ccccc1OC(=O)C(Cc1ccccc1)CN(CC(C)C)C(=O)N[C@@H](Cc1ccc(-c2ccccc2)cc1)C(=O)O. The van der Waals surface area contributed by atoms with Crippen molar-refractivity contribution in [1.82, 2.24) is 10.2 Å². The average Bonchev–Trinajstić information content (AvgIpc) is 3.05. The number of carbonyl (C=O) groups excluding carboxylic acids is 2. The van der Waals surface area contributed by atoms with Crippen molar-refractivity contribution in [1.29, 1.82) is 0 Å². The molecule has 0 spiro atoms. The molecule has 234 valence electrons. The second-order valence-electron chi connectivity index (χ2n) is 11.4. The third-order valence-corrected chi connectivity index (χ3v) is 7.35. The highest BCUT2D eigenvalue weighted by Crippen LogP contribution is 2.27. The van der Waals surface area contributed by atoms with E-state index in [0.717, 1.165) is 22.3 Å². The van der Waals surface area contributed by atoms with Crippen LogP contribution in [0.2, 0.25) is 0 Å². The van der Waals surface area contributed by atoms with Crippen LogP contribution in [0.3, 0.4) is 0 Å². The summed E-state index contributed by atoms with van der Waals surface area (Å²) < 4.78 is 11.1. The summed E-state index contributed by atoms with van der Waals surface area (Å²) in [5.41, 5.74) is 3.76. The summed E-state index contributed by atoms with van der Waals surface area (Å²) in [6, 6.07) is 32.2. The number of urea groups is 1. The number of rotatable bonds is 14. The molecule has 2 atom stereocenters. The van der Waals surface area contributed by atoms with E-state index in [1.54, 1.807) is 24.3 Å². The van der Waals surface area contributed by atoms with E-state index < -0.39 is 29.9 Å². The van der Waals surface area contributed by atoms with Gasteiger partial charge in [0.15, 0.2) is 11.5 Å². The van der Waals surface area contributed by atoms with Crippen LogP contribution in [-0.4, -0.2) is 54.2 Å². The molecule has 2 amide bonds. The Morgan fingerprint density at radius 3 is 1.87 bits per heavy atom. The van der Waals surface area contributed by atoms with Gasteiger partial charge in [0.2, 0.25) is 0 Å². The molecule has 8 heteroatoms. The van der Waals surface area contributed by atoms with Crippen LogP contribution in [0.15, 0.2) is 109 Å². The highest BCUT2D eigenvalue weighted by atomic mass is 16.6. The smallest absolute Gasteiger partial charge is 0.326 e. The molecule has 8 nitrogen and oxygen atoms in total. The summed E-state index contributed by atoms with van der Waals surface area (Å²) in [5.74, 6) is -1.62. The number of aliphatic carboxylic acids is 1. The summed E-state index contributed by atoms with van der Waals surface area (Å²) in [6.45, 7) is 4.27. The Balaban J connectivity index is 1.52. The van der Waals surface area contributed by atoms with Crippen molar-refractivity contribution in [3.8, 4) is 22.6 Å². The number of para-hydroxylation sites is 2. The maximum absolute atomic E-state index is 13.7. The predicted molar refractivity (Wildman–Crippen MR) is 174 cm³/mol. The first kappa shape index (κ1) is 32.8. The Morgan fingerprint density at radius 2 is 1.27 bits per heavy atom. The van der Waals surface area contributed by atoms with Crippen LogP contribution in [0, 0.1) is 11.8 Å². The molecule has 0 saturated heterocycles. The van der Waals surface area contributed by atoms with Crippen molar-refractivity contribution in [3.63, 3.8) is 0 Å². The fourth-order valence-electron chi connectivity index (χ4n) is 5.10. The first-order valence-electron chi connectivity index (χ1n) is 15.0. The lowest BCUT2D eigenvalue weighted by Gasteiger charge is -2.30. The topological polar surface area (TPSA) is 105 Å². The number of carboxylic acids is 1. The molecule has 0 fully saturated rings. The molecule has 4 aromatic carbocycles. The second-order valence-corrected chi connectivity index (χ2v) is 11.4. The van der Waals surface area contributed by atoms with Gasteiger partial charge in [-0.25, -0.2) is 9.59 Å². The fraction of sp³-hybridized carbons (Fsp3) is 0.270. The van der Waals surface area contributed by atoms with Gasteiger partial charge >= 0.3 is 18.0 Å². The molecule has 0 heterocycles. The van der Waals surface area contributed by atoms with Crippen LogP contribution in [0.4, 0.5) is 4.79 Å². The number of carbonyl (C=O) groups is 3. The lowest BCUT2D eigenvalue weighted by molar-refractivity contribution is -0.140. The molecule has 0 saturated carbocycles. The molecule has 45 heavy (non-hydrogen) atoms. The van der Waals surface area contributed by atoms with E-state index in [4.69, 9.17) is 9.47 Å². The van der Waals surface area contributed by atoms with E-state index in [0.29, 0.717) is 18.7 Å². The number of benzene rings is 4. The number of esters is 1. The summed E-state index contributed by atoms with van der Waals surface area (Å²) >= 11 is 0. The van der Waals surface area contributed by atoms with Crippen molar-refractivity contribution in [2.75, 3.05) is 20.2 Å². The van der Waals surface area contributed by atoms with E-state index >= 15 is 0 Å². The molecule has 1 unspecified atom stereocenters. The van der Waals surface area contributed by atoms with Gasteiger partial charge in [-0.05, 0) is 46.7 Å². The van der Waals surface area contributed by atoms with Gasteiger partial charge in [0.25, 0.3) is 0 Å². The van der Waals surface area contributed by atoms with Gasteiger partial charge in [0, 0.05) is 19.5 Å². The number of hydrogen-bond acceptors (Lipinski definition) is 5. The van der Waals surface area contributed by atoms with Crippen molar-refractivity contribution in [3.05, 3.63) is 120 Å². The van der Waals surface area contributed by atoms with Crippen LogP contribution >= 0.6 is 0 Å². The number of ether oxygens (including phenoxy) is 2. The first-order chi connectivity index (χ1) is 21.7. The van der Waals surface area contributed by atoms with Crippen LogP contribution in [0.1, 0.15) is 25.0 Å². The van der Waals surface area contributed by atoms with Crippen molar-refractivity contribution in [2.45, 2.75) is 32.7 Å². The zero-order valence-corrected chi connectivity index (χ0v) is 25.9. The lowest BCUT2D eigenvalue weighted by atomic mass is 9.98. The molecule has 0 aliphatic rings. The predicted octanol–water partition coefficient (Wildman–Crippen LogP) is 6.49. The van der Waals surface area contributed by atoms with Crippen LogP contribution in [-0.2, 0) is 22.4 Å². The number of methoxy groups -OCH3 is 1. The minimum absolute atomic E-state index is 0.0327. The maximum atomic E-state index is 13.7. The number of hydrogen-bond donors (Lipinski definition) is 2. The quantitative estimate of drug-likeness (QED) is 0.125. The van der Waals surface area contributed by atoms with E-state index in [9.17, 15) is 19.5 Å². The highest BCUT2D eigenvalue weighted by Gasteiger charge is 2.30. The third-order valence-electron chi connectivity index (χ3n) is 7.35. The van der Waals surface area contributed by atoms with Gasteiger partial charge in [-0.3, -0.25) is 4.79 Å². The minimum Gasteiger partial charge on any atom is -0.493 e. The number of carboxylic acid groups (broad SMARTS) is 1. The summed E-state index contributed by atoms with van der Waals surface area (Å²) in [4.78, 5) is 41.1. The number of nitrogens with zero attached hydrogens (tertiary/aromatic N) is 1. The molecule has 0 aliphatic carbocycles. The molecule has 0 bridgehead atoms. The summed E-state index contributed by atoms with van der Waals surface area (Å²) in [7, 11) is 1.50. The van der Waals surface area contributed by atoms with E-state index in [-0.39, 0.29) is 24.6 Å². The Bertz CT molecular complexity index is 1540. The average molecular weight is 609 g/mol. The Kier molecular flexibility index (Phi) is 11.7. The first-order valence-corrected chi connectivity index (χ1v) is 15.0.